The molecule has 1 heterocycles. The highest BCUT2D eigenvalue weighted by Crippen LogP contribution is 2.19. The summed E-state index contributed by atoms with van der Waals surface area (Å²) in [5.74, 6) is -0.329. The average molecular weight is 176 g/mol. The van der Waals surface area contributed by atoms with E-state index in [0.717, 1.165) is 11.8 Å². The first-order valence-corrected chi connectivity index (χ1v) is 4.07. The fourth-order valence-corrected chi connectivity index (χ4v) is 1.51. The van der Waals surface area contributed by atoms with E-state index in [1.165, 1.54) is 0 Å². The minimum absolute atomic E-state index is 0.329. The lowest BCUT2D eigenvalue weighted by Crippen LogP contribution is -2.18. The summed E-state index contributed by atoms with van der Waals surface area (Å²) in [6.45, 7) is 0.372. The van der Waals surface area contributed by atoms with E-state index < -0.39 is 0 Å². The summed E-state index contributed by atoms with van der Waals surface area (Å²) in [5, 5.41) is 0. The van der Waals surface area contributed by atoms with Gasteiger partial charge in [-0.1, -0.05) is 12.1 Å². The lowest BCUT2D eigenvalue weighted by atomic mass is 9.98. The van der Waals surface area contributed by atoms with Crippen molar-refractivity contribution >= 4 is 12.3 Å². The molecule has 1 aromatic rings. The van der Waals surface area contributed by atoms with Gasteiger partial charge in [0.2, 0.25) is 0 Å². The average Bonchev–Trinajstić information content (AvgIpc) is 2.18. The number of esters is 1. The van der Waals surface area contributed by atoms with E-state index in [4.69, 9.17) is 4.74 Å². The molecule has 0 radical (unpaired) electrons. The number of carbonyl (C=O) groups excluding carboxylic acids is 2. The second-order valence-corrected chi connectivity index (χ2v) is 2.88. The molecule has 1 aliphatic heterocycles. The van der Waals surface area contributed by atoms with Crippen molar-refractivity contribution in [3.05, 3.63) is 34.9 Å². The van der Waals surface area contributed by atoms with Crippen LogP contribution in [0, 0.1) is 0 Å². The monoisotopic (exact) mass is 176 g/mol. The molecule has 0 amide bonds. The van der Waals surface area contributed by atoms with Gasteiger partial charge in [0.1, 0.15) is 6.29 Å². The van der Waals surface area contributed by atoms with Crippen LogP contribution in [0.5, 0.6) is 0 Å². The molecule has 13 heavy (non-hydrogen) atoms. The Labute approximate surface area is 75.3 Å². The lowest BCUT2D eigenvalue weighted by molar-refractivity contribution is 0.0480. The largest absolute Gasteiger partial charge is 0.462 e. The first-order chi connectivity index (χ1) is 6.33. The first-order valence-electron chi connectivity index (χ1n) is 4.07. The van der Waals surface area contributed by atoms with Gasteiger partial charge in [-0.2, -0.15) is 0 Å². The Bertz CT molecular complexity index is 368. The molecule has 0 fully saturated rings. The fraction of sp³-hybridized carbons (Fsp3) is 0.200. The molecule has 0 saturated heterocycles. The van der Waals surface area contributed by atoms with Crippen molar-refractivity contribution < 1.29 is 14.3 Å². The van der Waals surface area contributed by atoms with Crippen molar-refractivity contribution in [2.24, 2.45) is 0 Å². The maximum atomic E-state index is 11.2. The van der Waals surface area contributed by atoms with E-state index in [2.05, 4.69) is 0 Å². The number of hydrogen-bond donors (Lipinski definition) is 0. The van der Waals surface area contributed by atoms with Crippen molar-refractivity contribution in [1.82, 2.24) is 0 Å². The number of benzene rings is 1. The van der Waals surface area contributed by atoms with Gasteiger partial charge >= 0.3 is 5.97 Å². The summed E-state index contributed by atoms with van der Waals surface area (Å²) in [5.41, 5.74) is 1.93. The molecule has 0 atom stereocenters. The zero-order chi connectivity index (χ0) is 9.26. The molecule has 1 aliphatic rings. The van der Waals surface area contributed by atoms with E-state index in [9.17, 15) is 9.59 Å². The van der Waals surface area contributed by atoms with Crippen LogP contribution < -0.4 is 0 Å². The molecule has 66 valence electrons. The second kappa shape index (κ2) is 3.01. The van der Waals surface area contributed by atoms with Crippen molar-refractivity contribution in [2.45, 2.75) is 6.42 Å². The summed E-state index contributed by atoms with van der Waals surface area (Å²) in [6.07, 6.45) is 1.41. The van der Waals surface area contributed by atoms with E-state index >= 15 is 0 Å². The van der Waals surface area contributed by atoms with E-state index in [0.29, 0.717) is 24.2 Å². The fourth-order valence-electron chi connectivity index (χ4n) is 1.51. The Balaban J connectivity index is 2.60. The molecule has 3 nitrogen and oxygen atoms in total. The normalized spacial score (nSPS) is 14.6. The van der Waals surface area contributed by atoms with E-state index in [1.54, 1.807) is 18.2 Å². The van der Waals surface area contributed by atoms with Gasteiger partial charge in [-0.3, -0.25) is 4.79 Å². The standard InChI is InChI=1S/C10H8O3/c11-6-7-2-1-3-9-8(7)4-5-13-10(9)12/h1-3,6H,4-5H2. The smallest absolute Gasteiger partial charge is 0.338 e. The number of carbonyl (C=O) groups is 2. The van der Waals surface area contributed by atoms with Gasteiger partial charge in [-0.25, -0.2) is 4.79 Å². The first kappa shape index (κ1) is 7.98. The molecular weight excluding hydrogens is 168 g/mol. The Hall–Kier alpha value is -1.64. The van der Waals surface area contributed by atoms with Gasteiger partial charge in [0.15, 0.2) is 0 Å². The maximum Gasteiger partial charge on any atom is 0.338 e. The highest BCUT2D eigenvalue weighted by molar-refractivity contribution is 5.95. The Morgan fingerprint density at radius 1 is 1.38 bits per heavy atom. The van der Waals surface area contributed by atoms with Crippen LogP contribution in [0.15, 0.2) is 18.2 Å². The van der Waals surface area contributed by atoms with Crippen LogP contribution in [-0.2, 0) is 11.2 Å². The highest BCUT2D eigenvalue weighted by Gasteiger charge is 2.20. The lowest BCUT2D eigenvalue weighted by Gasteiger charge is -2.16. The zero-order valence-corrected chi connectivity index (χ0v) is 6.95. The molecule has 0 N–H and O–H groups in total. The molecule has 0 aromatic heterocycles. The molecule has 0 aliphatic carbocycles. The van der Waals surface area contributed by atoms with Crippen LogP contribution in [0.3, 0.4) is 0 Å². The molecular formula is C10H8O3. The molecule has 0 bridgehead atoms. The zero-order valence-electron chi connectivity index (χ0n) is 6.95. The number of cyclic esters (lactones) is 1. The van der Waals surface area contributed by atoms with Crippen LogP contribution in [-0.4, -0.2) is 18.9 Å². The maximum absolute atomic E-state index is 11.2. The molecule has 0 spiro atoms. The quantitative estimate of drug-likeness (QED) is 0.477. The van der Waals surface area contributed by atoms with Gasteiger partial charge in [0, 0.05) is 12.0 Å². The topological polar surface area (TPSA) is 43.4 Å². The number of rotatable bonds is 1. The van der Waals surface area contributed by atoms with E-state index in [-0.39, 0.29) is 5.97 Å². The third-order valence-corrected chi connectivity index (χ3v) is 2.14. The summed E-state index contributed by atoms with van der Waals surface area (Å²) in [6, 6.07) is 5.09. The van der Waals surface area contributed by atoms with E-state index in [1.807, 2.05) is 0 Å². The minimum atomic E-state index is -0.329. The predicted molar refractivity (Wildman–Crippen MR) is 45.8 cm³/mol. The van der Waals surface area contributed by atoms with Crippen LogP contribution in [0.2, 0.25) is 0 Å². The van der Waals surface area contributed by atoms with Gasteiger partial charge in [0.05, 0.1) is 12.2 Å². The van der Waals surface area contributed by atoms with Crippen LogP contribution >= 0.6 is 0 Å². The Morgan fingerprint density at radius 2 is 2.23 bits per heavy atom. The summed E-state index contributed by atoms with van der Waals surface area (Å²) >= 11 is 0. The third kappa shape index (κ3) is 1.22. The molecule has 2 rings (SSSR count). The molecule has 0 saturated carbocycles. The van der Waals surface area contributed by atoms with Crippen molar-refractivity contribution in [3.8, 4) is 0 Å². The van der Waals surface area contributed by atoms with Crippen LogP contribution in [0.25, 0.3) is 0 Å². The predicted octanol–water partition coefficient (Wildman–Crippen LogP) is 1.21. The van der Waals surface area contributed by atoms with Crippen molar-refractivity contribution in [1.29, 1.82) is 0 Å². The van der Waals surface area contributed by atoms with Gasteiger partial charge in [-0.05, 0) is 11.6 Å². The number of ether oxygens (including phenoxy) is 1. The van der Waals surface area contributed by atoms with Gasteiger partial charge in [-0.15, -0.1) is 0 Å². The SMILES string of the molecule is O=Cc1cccc2c1CCOC2=O. The minimum Gasteiger partial charge on any atom is -0.462 e. The Kier molecular flexibility index (Phi) is 1.85. The third-order valence-electron chi connectivity index (χ3n) is 2.14. The van der Waals surface area contributed by atoms with Gasteiger partial charge in [0.25, 0.3) is 0 Å². The molecule has 3 heteroatoms. The Morgan fingerprint density at radius 3 is 3.00 bits per heavy atom. The van der Waals surface area contributed by atoms with Crippen molar-refractivity contribution in [3.63, 3.8) is 0 Å². The summed E-state index contributed by atoms with van der Waals surface area (Å²) in [7, 11) is 0. The number of aldehydes is 1. The molecule has 0 unspecified atom stereocenters. The van der Waals surface area contributed by atoms with Crippen LogP contribution in [0.1, 0.15) is 26.3 Å². The van der Waals surface area contributed by atoms with Crippen LogP contribution in [0.4, 0.5) is 0 Å². The van der Waals surface area contributed by atoms with Gasteiger partial charge < -0.3 is 4.74 Å². The highest BCUT2D eigenvalue weighted by atomic mass is 16.5. The number of fused-ring (bicyclic) bond motifs is 1. The number of hydrogen-bond acceptors (Lipinski definition) is 3. The molecule has 1 aromatic carbocycles. The van der Waals surface area contributed by atoms with Crippen molar-refractivity contribution in [2.75, 3.05) is 6.61 Å². The second-order valence-electron chi connectivity index (χ2n) is 2.88. The summed E-state index contributed by atoms with van der Waals surface area (Å²) in [4.78, 5) is 21.8. The summed E-state index contributed by atoms with van der Waals surface area (Å²) < 4.78 is 4.85.